The molecule has 0 amide bonds. The second kappa shape index (κ2) is 7.28. The van der Waals surface area contributed by atoms with Gasteiger partial charge < -0.3 is 4.90 Å². The number of hydrogen-bond donors (Lipinski definition) is 0. The summed E-state index contributed by atoms with van der Waals surface area (Å²) >= 11 is 0. The van der Waals surface area contributed by atoms with Crippen molar-refractivity contribution in [3.8, 4) is 0 Å². The number of benzene rings is 2. The number of rotatable bonds is 5. The molecular formula is C19H23NO2S. The Balaban J connectivity index is 1.52. The van der Waals surface area contributed by atoms with E-state index in [1.807, 2.05) is 12.1 Å². The molecule has 1 saturated heterocycles. The molecule has 0 N–H and O–H groups in total. The molecule has 3 rings (SSSR count). The quantitative estimate of drug-likeness (QED) is 0.844. The summed E-state index contributed by atoms with van der Waals surface area (Å²) in [6.07, 6.45) is 2.21. The lowest BCUT2D eigenvalue weighted by molar-refractivity contribution is 0.223. The van der Waals surface area contributed by atoms with Crippen LogP contribution in [0.2, 0.25) is 0 Å². The van der Waals surface area contributed by atoms with Crippen LogP contribution >= 0.6 is 0 Å². The van der Waals surface area contributed by atoms with E-state index in [0.29, 0.717) is 17.4 Å². The van der Waals surface area contributed by atoms with Gasteiger partial charge in [-0.3, -0.25) is 0 Å². The number of piperidine rings is 1. The monoisotopic (exact) mass is 329 g/mol. The summed E-state index contributed by atoms with van der Waals surface area (Å²) in [6, 6.07) is 19.4. The first-order valence-electron chi connectivity index (χ1n) is 8.20. The van der Waals surface area contributed by atoms with E-state index in [9.17, 15) is 8.42 Å². The standard InChI is InChI=1S/C19H23NO2S/c21-23(22,19-9-5-2-6-10-19)16-15-20-13-11-18(12-14-20)17-7-3-1-4-8-17/h1-10,18H,11-16H2. The Morgan fingerprint density at radius 2 is 1.43 bits per heavy atom. The van der Waals surface area contributed by atoms with Gasteiger partial charge >= 0.3 is 0 Å². The molecule has 2 aromatic rings. The van der Waals surface area contributed by atoms with Gasteiger partial charge in [-0.25, -0.2) is 8.42 Å². The molecule has 0 unspecified atom stereocenters. The SMILES string of the molecule is O=S(=O)(CCN1CCC(c2ccccc2)CC1)c1ccccc1. The third kappa shape index (κ3) is 4.21. The molecule has 0 spiro atoms. The van der Waals surface area contributed by atoms with Gasteiger partial charge in [-0.15, -0.1) is 0 Å². The molecule has 0 aromatic heterocycles. The van der Waals surface area contributed by atoms with Gasteiger partial charge in [-0.1, -0.05) is 48.5 Å². The molecule has 0 saturated carbocycles. The summed E-state index contributed by atoms with van der Waals surface area (Å²) in [6.45, 7) is 2.58. The summed E-state index contributed by atoms with van der Waals surface area (Å²) in [4.78, 5) is 2.71. The summed E-state index contributed by atoms with van der Waals surface area (Å²) in [5.41, 5.74) is 1.41. The third-order valence-corrected chi connectivity index (χ3v) is 6.35. The van der Waals surface area contributed by atoms with Crippen molar-refractivity contribution in [1.82, 2.24) is 4.90 Å². The fourth-order valence-electron chi connectivity index (χ4n) is 3.21. The zero-order chi connectivity index (χ0) is 16.1. The van der Waals surface area contributed by atoms with E-state index in [1.165, 1.54) is 5.56 Å². The summed E-state index contributed by atoms with van der Waals surface area (Å²) < 4.78 is 24.7. The van der Waals surface area contributed by atoms with Crippen molar-refractivity contribution < 1.29 is 8.42 Å². The van der Waals surface area contributed by atoms with Crippen LogP contribution in [-0.4, -0.2) is 38.7 Å². The number of likely N-dealkylation sites (tertiary alicyclic amines) is 1. The highest BCUT2D eigenvalue weighted by Gasteiger charge is 2.22. The second-order valence-corrected chi connectivity index (χ2v) is 8.27. The highest BCUT2D eigenvalue weighted by Crippen LogP contribution is 2.27. The van der Waals surface area contributed by atoms with Crippen LogP contribution in [0.5, 0.6) is 0 Å². The lowest BCUT2D eigenvalue weighted by atomic mass is 9.89. The minimum Gasteiger partial charge on any atom is -0.302 e. The van der Waals surface area contributed by atoms with Gasteiger partial charge in [0, 0.05) is 6.54 Å². The lowest BCUT2D eigenvalue weighted by Gasteiger charge is -2.32. The average Bonchev–Trinajstić information content (AvgIpc) is 2.62. The predicted octanol–water partition coefficient (Wildman–Crippen LogP) is 3.34. The molecule has 1 aliphatic heterocycles. The predicted molar refractivity (Wildman–Crippen MR) is 93.4 cm³/mol. The number of hydrogen-bond acceptors (Lipinski definition) is 3. The zero-order valence-electron chi connectivity index (χ0n) is 13.3. The molecule has 1 fully saturated rings. The Bertz CT molecular complexity index is 706. The van der Waals surface area contributed by atoms with Crippen molar-refractivity contribution in [2.24, 2.45) is 0 Å². The molecule has 23 heavy (non-hydrogen) atoms. The summed E-state index contributed by atoms with van der Waals surface area (Å²) in [5.74, 6) is 0.811. The van der Waals surface area contributed by atoms with Crippen LogP contribution in [0.4, 0.5) is 0 Å². The van der Waals surface area contributed by atoms with Crippen LogP contribution in [0, 0.1) is 0 Å². The van der Waals surface area contributed by atoms with E-state index in [2.05, 4.69) is 29.2 Å². The van der Waals surface area contributed by atoms with Crippen LogP contribution in [0.15, 0.2) is 65.6 Å². The van der Waals surface area contributed by atoms with Crippen molar-refractivity contribution in [3.05, 3.63) is 66.2 Å². The summed E-state index contributed by atoms with van der Waals surface area (Å²) in [5, 5.41) is 0. The van der Waals surface area contributed by atoms with Gasteiger partial charge in [-0.2, -0.15) is 0 Å². The first-order valence-corrected chi connectivity index (χ1v) is 9.85. The maximum atomic E-state index is 12.3. The van der Waals surface area contributed by atoms with Crippen molar-refractivity contribution in [2.45, 2.75) is 23.7 Å². The van der Waals surface area contributed by atoms with E-state index in [1.54, 1.807) is 24.3 Å². The first-order chi connectivity index (χ1) is 11.1. The van der Waals surface area contributed by atoms with E-state index in [4.69, 9.17) is 0 Å². The Morgan fingerprint density at radius 3 is 2.04 bits per heavy atom. The van der Waals surface area contributed by atoms with Crippen LogP contribution < -0.4 is 0 Å². The fourth-order valence-corrected chi connectivity index (χ4v) is 4.52. The van der Waals surface area contributed by atoms with E-state index in [-0.39, 0.29) is 5.75 Å². The Kier molecular flexibility index (Phi) is 5.13. The second-order valence-electron chi connectivity index (χ2n) is 6.16. The van der Waals surface area contributed by atoms with Gasteiger partial charge in [-0.05, 0) is 49.5 Å². The third-order valence-electron chi connectivity index (χ3n) is 4.64. The molecule has 0 radical (unpaired) electrons. The average molecular weight is 329 g/mol. The molecule has 4 heteroatoms. The summed E-state index contributed by atoms with van der Waals surface area (Å²) in [7, 11) is -3.17. The maximum Gasteiger partial charge on any atom is 0.179 e. The Labute approximate surface area is 138 Å². The Hall–Kier alpha value is -1.65. The number of sulfone groups is 1. The van der Waals surface area contributed by atoms with Gasteiger partial charge in [0.2, 0.25) is 0 Å². The van der Waals surface area contributed by atoms with Crippen molar-refractivity contribution in [1.29, 1.82) is 0 Å². The highest BCUT2D eigenvalue weighted by atomic mass is 32.2. The minimum absolute atomic E-state index is 0.201. The molecule has 3 nitrogen and oxygen atoms in total. The number of nitrogens with zero attached hydrogens (tertiary/aromatic N) is 1. The molecular weight excluding hydrogens is 306 g/mol. The highest BCUT2D eigenvalue weighted by molar-refractivity contribution is 7.91. The smallest absolute Gasteiger partial charge is 0.179 e. The topological polar surface area (TPSA) is 37.4 Å². The molecule has 2 aromatic carbocycles. The van der Waals surface area contributed by atoms with Crippen LogP contribution in [0.1, 0.15) is 24.3 Å². The molecule has 122 valence electrons. The van der Waals surface area contributed by atoms with Crippen LogP contribution in [0.25, 0.3) is 0 Å². The van der Waals surface area contributed by atoms with Crippen LogP contribution in [-0.2, 0) is 9.84 Å². The normalized spacial score (nSPS) is 17.2. The van der Waals surface area contributed by atoms with E-state index in [0.717, 1.165) is 25.9 Å². The molecule has 0 atom stereocenters. The van der Waals surface area contributed by atoms with Gasteiger partial charge in [0.25, 0.3) is 0 Å². The molecule has 1 heterocycles. The van der Waals surface area contributed by atoms with Gasteiger partial charge in [0.1, 0.15) is 0 Å². The molecule has 1 aliphatic rings. The van der Waals surface area contributed by atoms with Gasteiger partial charge in [0.05, 0.1) is 10.6 Å². The lowest BCUT2D eigenvalue weighted by Crippen LogP contribution is -2.36. The first kappa shape index (κ1) is 16.2. The fraction of sp³-hybridized carbons (Fsp3) is 0.368. The van der Waals surface area contributed by atoms with E-state index < -0.39 is 9.84 Å². The largest absolute Gasteiger partial charge is 0.302 e. The zero-order valence-corrected chi connectivity index (χ0v) is 14.1. The van der Waals surface area contributed by atoms with Crippen molar-refractivity contribution in [3.63, 3.8) is 0 Å². The van der Waals surface area contributed by atoms with E-state index >= 15 is 0 Å². The molecule has 0 aliphatic carbocycles. The molecule has 0 bridgehead atoms. The van der Waals surface area contributed by atoms with Gasteiger partial charge in [0.15, 0.2) is 9.84 Å². The van der Waals surface area contributed by atoms with Crippen LogP contribution in [0.3, 0.4) is 0 Å². The Morgan fingerprint density at radius 1 is 0.870 bits per heavy atom. The van der Waals surface area contributed by atoms with Crippen molar-refractivity contribution >= 4 is 9.84 Å². The minimum atomic E-state index is -3.17. The van der Waals surface area contributed by atoms with Crippen molar-refractivity contribution in [2.75, 3.05) is 25.4 Å². The maximum absolute atomic E-state index is 12.3.